The van der Waals surface area contributed by atoms with Crippen molar-refractivity contribution in [2.45, 2.75) is 19.3 Å². The van der Waals surface area contributed by atoms with Crippen LogP contribution in [0, 0.1) is 17.2 Å². The predicted molar refractivity (Wildman–Crippen MR) is 71.3 cm³/mol. The first-order valence-electron chi connectivity index (χ1n) is 6.68. The van der Waals surface area contributed by atoms with Gasteiger partial charge >= 0.3 is 0 Å². The van der Waals surface area contributed by atoms with Gasteiger partial charge in [0, 0.05) is 12.5 Å². The van der Waals surface area contributed by atoms with Gasteiger partial charge < -0.3 is 9.64 Å². The Bertz CT molecular complexity index is 377. The SMILES string of the molecule is N#CC1CCN(CCCOc2ccccc2)CC1. The summed E-state index contributed by atoms with van der Waals surface area (Å²) in [7, 11) is 0. The second-order valence-corrected chi connectivity index (χ2v) is 4.76. The molecule has 1 heterocycles. The maximum absolute atomic E-state index is 8.83. The molecule has 0 saturated carbocycles. The van der Waals surface area contributed by atoms with E-state index in [1.807, 2.05) is 30.3 Å². The molecule has 3 heteroatoms. The molecule has 0 atom stereocenters. The lowest BCUT2D eigenvalue weighted by molar-refractivity contribution is 0.188. The van der Waals surface area contributed by atoms with Gasteiger partial charge in [-0.25, -0.2) is 0 Å². The number of nitriles is 1. The van der Waals surface area contributed by atoms with Gasteiger partial charge in [-0.3, -0.25) is 0 Å². The van der Waals surface area contributed by atoms with Crippen molar-refractivity contribution in [1.29, 1.82) is 5.26 Å². The lowest BCUT2D eigenvalue weighted by Gasteiger charge is -2.28. The molecule has 96 valence electrons. The summed E-state index contributed by atoms with van der Waals surface area (Å²) in [6.07, 6.45) is 3.10. The summed E-state index contributed by atoms with van der Waals surface area (Å²) in [5, 5.41) is 8.83. The molecule has 0 aromatic heterocycles. The number of ether oxygens (including phenoxy) is 1. The summed E-state index contributed by atoms with van der Waals surface area (Å²) >= 11 is 0. The highest BCUT2D eigenvalue weighted by atomic mass is 16.5. The Morgan fingerprint density at radius 3 is 2.61 bits per heavy atom. The first kappa shape index (κ1) is 12.9. The first-order chi connectivity index (χ1) is 8.88. The number of nitrogens with zero attached hydrogens (tertiary/aromatic N) is 2. The lowest BCUT2D eigenvalue weighted by Crippen LogP contribution is -2.34. The van der Waals surface area contributed by atoms with E-state index in [1.165, 1.54) is 0 Å². The van der Waals surface area contributed by atoms with Crippen LogP contribution in [0.2, 0.25) is 0 Å². The van der Waals surface area contributed by atoms with Crippen molar-refractivity contribution in [3.05, 3.63) is 30.3 Å². The van der Waals surface area contributed by atoms with Crippen molar-refractivity contribution in [2.24, 2.45) is 5.92 Å². The Kier molecular flexibility index (Phi) is 5.04. The lowest BCUT2D eigenvalue weighted by atomic mass is 9.98. The van der Waals surface area contributed by atoms with Crippen molar-refractivity contribution < 1.29 is 4.74 Å². The van der Waals surface area contributed by atoms with Crippen LogP contribution >= 0.6 is 0 Å². The Balaban J connectivity index is 1.58. The van der Waals surface area contributed by atoms with Gasteiger partial charge in [0.15, 0.2) is 0 Å². The number of hydrogen-bond acceptors (Lipinski definition) is 3. The summed E-state index contributed by atoms with van der Waals surface area (Å²) in [4.78, 5) is 2.43. The van der Waals surface area contributed by atoms with Crippen molar-refractivity contribution in [1.82, 2.24) is 4.90 Å². The van der Waals surface area contributed by atoms with E-state index < -0.39 is 0 Å². The number of piperidine rings is 1. The van der Waals surface area contributed by atoms with Crippen LogP contribution in [0.25, 0.3) is 0 Å². The van der Waals surface area contributed by atoms with Gasteiger partial charge in [-0.15, -0.1) is 0 Å². The van der Waals surface area contributed by atoms with Gasteiger partial charge in [-0.2, -0.15) is 5.26 Å². The molecule has 0 amide bonds. The molecule has 0 aliphatic carbocycles. The number of benzene rings is 1. The van der Waals surface area contributed by atoms with Crippen LogP contribution < -0.4 is 4.74 Å². The van der Waals surface area contributed by atoms with Gasteiger partial charge in [-0.05, 0) is 44.5 Å². The monoisotopic (exact) mass is 244 g/mol. The molecule has 0 spiro atoms. The fourth-order valence-electron chi connectivity index (χ4n) is 2.28. The Hall–Kier alpha value is -1.53. The summed E-state index contributed by atoms with van der Waals surface area (Å²) in [6, 6.07) is 12.3. The zero-order valence-corrected chi connectivity index (χ0v) is 10.7. The number of hydrogen-bond donors (Lipinski definition) is 0. The molecule has 1 aromatic rings. The van der Waals surface area contributed by atoms with Crippen LogP contribution in [0.3, 0.4) is 0 Å². The summed E-state index contributed by atoms with van der Waals surface area (Å²) in [5.41, 5.74) is 0. The molecule has 0 unspecified atom stereocenters. The van der Waals surface area contributed by atoms with E-state index in [9.17, 15) is 0 Å². The van der Waals surface area contributed by atoms with Gasteiger partial charge in [0.1, 0.15) is 5.75 Å². The van der Waals surface area contributed by atoms with E-state index >= 15 is 0 Å². The first-order valence-corrected chi connectivity index (χ1v) is 6.68. The van der Waals surface area contributed by atoms with E-state index in [-0.39, 0.29) is 5.92 Å². The molecule has 1 aromatic carbocycles. The summed E-state index contributed by atoms with van der Waals surface area (Å²) < 4.78 is 5.66. The average Bonchev–Trinajstić information content (AvgIpc) is 2.45. The molecule has 0 radical (unpaired) electrons. The van der Waals surface area contributed by atoms with E-state index in [4.69, 9.17) is 10.00 Å². The molecule has 1 saturated heterocycles. The van der Waals surface area contributed by atoms with E-state index in [2.05, 4.69) is 11.0 Å². The average molecular weight is 244 g/mol. The van der Waals surface area contributed by atoms with Crippen molar-refractivity contribution >= 4 is 0 Å². The van der Waals surface area contributed by atoms with Crippen molar-refractivity contribution in [2.75, 3.05) is 26.2 Å². The third-order valence-corrected chi connectivity index (χ3v) is 3.40. The molecule has 2 rings (SSSR count). The highest BCUT2D eigenvalue weighted by Crippen LogP contribution is 2.16. The summed E-state index contributed by atoms with van der Waals surface area (Å²) in [5.74, 6) is 1.22. The Labute approximate surface area is 109 Å². The molecule has 1 fully saturated rings. The fourth-order valence-corrected chi connectivity index (χ4v) is 2.28. The van der Waals surface area contributed by atoms with Crippen LogP contribution in [0.4, 0.5) is 0 Å². The van der Waals surface area contributed by atoms with Crippen LogP contribution in [-0.4, -0.2) is 31.1 Å². The van der Waals surface area contributed by atoms with Gasteiger partial charge in [0.05, 0.1) is 12.7 Å². The van der Waals surface area contributed by atoms with Gasteiger partial charge in [-0.1, -0.05) is 18.2 Å². The molecule has 1 aliphatic rings. The topological polar surface area (TPSA) is 36.3 Å². The maximum atomic E-state index is 8.83. The molecule has 0 N–H and O–H groups in total. The second-order valence-electron chi connectivity index (χ2n) is 4.76. The number of rotatable bonds is 5. The molecule has 1 aliphatic heterocycles. The Morgan fingerprint density at radius 2 is 1.94 bits per heavy atom. The summed E-state index contributed by atoms with van der Waals surface area (Å²) in [6.45, 7) is 3.96. The fraction of sp³-hybridized carbons (Fsp3) is 0.533. The molecule has 0 bridgehead atoms. The third-order valence-electron chi connectivity index (χ3n) is 3.40. The van der Waals surface area contributed by atoms with E-state index in [0.29, 0.717) is 0 Å². The van der Waals surface area contributed by atoms with E-state index in [0.717, 1.165) is 51.3 Å². The second kappa shape index (κ2) is 7.03. The normalized spacial score (nSPS) is 17.3. The third kappa shape index (κ3) is 4.05. The minimum Gasteiger partial charge on any atom is -0.494 e. The highest BCUT2D eigenvalue weighted by molar-refractivity contribution is 5.20. The van der Waals surface area contributed by atoms with Crippen LogP contribution in [0.1, 0.15) is 19.3 Å². The largest absolute Gasteiger partial charge is 0.494 e. The molecule has 3 nitrogen and oxygen atoms in total. The quantitative estimate of drug-likeness (QED) is 0.747. The zero-order chi connectivity index (χ0) is 12.6. The van der Waals surface area contributed by atoms with Crippen LogP contribution in [-0.2, 0) is 0 Å². The van der Waals surface area contributed by atoms with Crippen LogP contribution in [0.15, 0.2) is 30.3 Å². The van der Waals surface area contributed by atoms with Crippen LogP contribution in [0.5, 0.6) is 5.75 Å². The van der Waals surface area contributed by atoms with E-state index in [1.54, 1.807) is 0 Å². The van der Waals surface area contributed by atoms with Crippen molar-refractivity contribution in [3.63, 3.8) is 0 Å². The predicted octanol–water partition coefficient (Wildman–Crippen LogP) is 2.69. The minimum absolute atomic E-state index is 0.279. The molecular weight excluding hydrogens is 224 g/mol. The number of para-hydroxylation sites is 1. The molecular formula is C15H20N2O. The zero-order valence-electron chi connectivity index (χ0n) is 10.7. The Morgan fingerprint density at radius 1 is 1.22 bits per heavy atom. The minimum atomic E-state index is 0.279. The highest BCUT2D eigenvalue weighted by Gasteiger charge is 2.17. The van der Waals surface area contributed by atoms with Crippen molar-refractivity contribution in [3.8, 4) is 11.8 Å². The standard InChI is InChI=1S/C15H20N2O/c16-13-14-7-10-17(11-8-14)9-4-12-18-15-5-2-1-3-6-15/h1-3,5-6,14H,4,7-12H2. The maximum Gasteiger partial charge on any atom is 0.119 e. The van der Waals surface area contributed by atoms with Gasteiger partial charge in [0.25, 0.3) is 0 Å². The number of likely N-dealkylation sites (tertiary alicyclic amines) is 1. The molecule has 18 heavy (non-hydrogen) atoms. The smallest absolute Gasteiger partial charge is 0.119 e. The van der Waals surface area contributed by atoms with Gasteiger partial charge in [0.2, 0.25) is 0 Å².